The summed E-state index contributed by atoms with van der Waals surface area (Å²) in [6, 6.07) is 11.0. The van der Waals surface area contributed by atoms with E-state index in [1.165, 1.54) is 0 Å². The number of rotatable bonds is 3. The number of carbonyl (C=O) groups is 1. The fraction of sp³-hybridized carbons (Fsp3) is 0.444. The van der Waals surface area contributed by atoms with Crippen molar-refractivity contribution < 1.29 is 9.00 Å². The molecule has 0 spiro atoms. The lowest BCUT2D eigenvalue weighted by atomic mass is 10.0. The first-order valence-electron chi connectivity index (χ1n) is 8.20. The highest BCUT2D eigenvalue weighted by atomic mass is 32.2. The predicted octanol–water partition coefficient (Wildman–Crippen LogP) is 2.23. The van der Waals surface area contributed by atoms with Gasteiger partial charge in [0.15, 0.2) is 6.04 Å². The number of carbonyl (C=O) groups excluding carboxylic acids is 1. The third-order valence-corrected chi connectivity index (χ3v) is 6.59. The molecule has 1 aliphatic heterocycles. The van der Waals surface area contributed by atoms with Gasteiger partial charge in [-0.1, -0.05) is 30.3 Å². The third-order valence-electron chi connectivity index (χ3n) is 4.60. The minimum absolute atomic E-state index is 0.0135. The summed E-state index contributed by atoms with van der Waals surface area (Å²) in [6.45, 7) is 5.18. The van der Waals surface area contributed by atoms with Crippen LogP contribution in [0.1, 0.15) is 31.9 Å². The molecule has 3 rings (SSSR count). The Morgan fingerprint density at radius 3 is 2.62 bits per heavy atom. The van der Waals surface area contributed by atoms with Gasteiger partial charge in [-0.15, -0.1) is 0 Å². The van der Waals surface area contributed by atoms with E-state index in [0.29, 0.717) is 18.8 Å². The summed E-state index contributed by atoms with van der Waals surface area (Å²) < 4.78 is 13.8. The van der Waals surface area contributed by atoms with Crippen molar-refractivity contribution in [1.82, 2.24) is 14.7 Å². The number of amides is 1. The van der Waals surface area contributed by atoms with Gasteiger partial charge in [0.05, 0.1) is 0 Å². The Morgan fingerprint density at radius 2 is 1.96 bits per heavy atom. The van der Waals surface area contributed by atoms with Crippen LogP contribution in [0, 0.1) is 0 Å². The molecule has 1 saturated heterocycles. The zero-order valence-corrected chi connectivity index (χ0v) is 14.9. The highest BCUT2D eigenvalue weighted by Crippen LogP contribution is 2.25. The minimum atomic E-state index is -0.916. The molecule has 0 N–H and O–H groups in total. The fourth-order valence-electron chi connectivity index (χ4n) is 2.97. The van der Waals surface area contributed by atoms with Crippen LogP contribution >= 0.6 is 0 Å². The third kappa shape index (κ3) is 3.43. The SMILES string of the molecule is CC1(C)CCN(C(=O)C(c2ccccc2)n2cccn2)CCS1=O. The molecule has 5 nitrogen and oxygen atoms in total. The van der Waals surface area contributed by atoms with Crippen LogP contribution in [-0.2, 0) is 15.6 Å². The molecule has 24 heavy (non-hydrogen) atoms. The van der Waals surface area contributed by atoms with Crippen molar-refractivity contribution in [2.45, 2.75) is 31.1 Å². The molecular formula is C18H23N3O2S. The Bertz CT molecular complexity index is 713. The molecular weight excluding hydrogens is 322 g/mol. The molecule has 0 saturated carbocycles. The highest BCUT2D eigenvalue weighted by molar-refractivity contribution is 7.86. The van der Waals surface area contributed by atoms with Gasteiger partial charge in [-0.3, -0.25) is 13.7 Å². The van der Waals surface area contributed by atoms with Crippen molar-refractivity contribution in [1.29, 1.82) is 0 Å². The van der Waals surface area contributed by atoms with Gasteiger partial charge in [-0.2, -0.15) is 5.10 Å². The average molecular weight is 345 g/mol. The summed E-state index contributed by atoms with van der Waals surface area (Å²) in [5.41, 5.74) is 0.913. The molecule has 128 valence electrons. The van der Waals surface area contributed by atoms with Gasteiger partial charge in [-0.25, -0.2) is 0 Å². The zero-order valence-electron chi connectivity index (χ0n) is 14.1. The summed E-state index contributed by atoms with van der Waals surface area (Å²) in [5.74, 6) is 0.541. The largest absolute Gasteiger partial charge is 0.340 e. The lowest BCUT2D eigenvalue weighted by molar-refractivity contribution is -0.133. The van der Waals surface area contributed by atoms with Crippen LogP contribution in [0.4, 0.5) is 0 Å². The Hall–Kier alpha value is -1.95. The van der Waals surface area contributed by atoms with E-state index in [1.54, 1.807) is 10.9 Å². The van der Waals surface area contributed by atoms with Gasteiger partial charge in [0, 0.05) is 46.8 Å². The Balaban J connectivity index is 1.88. The molecule has 0 radical (unpaired) electrons. The Kier molecular flexibility index (Phi) is 4.85. The fourth-order valence-corrected chi connectivity index (χ4v) is 4.23. The topological polar surface area (TPSA) is 55.2 Å². The maximum atomic E-state index is 13.2. The lowest BCUT2D eigenvalue weighted by Gasteiger charge is -2.27. The minimum Gasteiger partial charge on any atom is -0.340 e. The molecule has 2 atom stereocenters. The van der Waals surface area contributed by atoms with Crippen LogP contribution in [0.5, 0.6) is 0 Å². The summed E-state index contributed by atoms with van der Waals surface area (Å²) in [6.07, 6.45) is 4.24. The predicted molar refractivity (Wildman–Crippen MR) is 95.1 cm³/mol. The van der Waals surface area contributed by atoms with E-state index in [0.717, 1.165) is 12.0 Å². The Labute approximate surface area is 145 Å². The molecule has 2 unspecified atom stereocenters. The molecule has 0 aliphatic carbocycles. The first-order chi connectivity index (χ1) is 11.5. The van der Waals surface area contributed by atoms with E-state index in [9.17, 15) is 9.00 Å². The first kappa shape index (κ1) is 16.9. The van der Waals surface area contributed by atoms with Gasteiger partial charge in [-0.05, 0) is 31.9 Å². The van der Waals surface area contributed by atoms with Gasteiger partial charge in [0.2, 0.25) is 0 Å². The van der Waals surface area contributed by atoms with E-state index in [2.05, 4.69) is 5.10 Å². The van der Waals surface area contributed by atoms with E-state index in [4.69, 9.17) is 0 Å². The molecule has 1 aromatic heterocycles. The summed E-state index contributed by atoms with van der Waals surface area (Å²) in [4.78, 5) is 15.1. The standard InChI is InChI=1S/C18H23N3O2S/c1-18(2)9-12-20(13-14-24(18)23)17(22)16(21-11-6-10-19-21)15-7-4-3-5-8-15/h3-8,10-11,16H,9,12-14H2,1-2H3. The van der Waals surface area contributed by atoms with E-state index >= 15 is 0 Å². The smallest absolute Gasteiger partial charge is 0.252 e. The quantitative estimate of drug-likeness (QED) is 0.857. The second-order valence-electron chi connectivity index (χ2n) is 6.68. The summed E-state index contributed by atoms with van der Waals surface area (Å²) in [7, 11) is -0.916. The Morgan fingerprint density at radius 1 is 1.21 bits per heavy atom. The number of hydrogen-bond donors (Lipinski definition) is 0. The van der Waals surface area contributed by atoms with Gasteiger partial charge in [0.25, 0.3) is 5.91 Å². The van der Waals surface area contributed by atoms with Gasteiger partial charge in [0.1, 0.15) is 0 Å². The summed E-state index contributed by atoms with van der Waals surface area (Å²) >= 11 is 0. The van der Waals surface area contributed by atoms with Crippen molar-refractivity contribution in [3.63, 3.8) is 0 Å². The van der Waals surface area contributed by atoms with Crippen LogP contribution in [0.2, 0.25) is 0 Å². The van der Waals surface area contributed by atoms with Crippen molar-refractivity contribution >= 4 is 16.7 Å². The second-order valence-corrected chi connectivity index (χ2v) is 8.89. The molecule has 1 fully saturated rings. The van der Waals surface area contributed by atoms with E-state index in [-0.39, 0.29) is 10.7 Å². The number of nitrogens with zero attached hydrogens (tertiary/aromatic N) is 3. The first-order valence-corrected chi connectivity index (χ1v) is 9.52. The van der Waals surface area contributed by atoms with Crippen molar-refractivity contribution in [3.05, 3.63) is 54.4 Å². The number of aromatic nitrogens is 2. The molecule has 2 heterocycles. The molecule has 2 aromatic rings. The van der Waals surface area contributed by atoms with Crippen molar-refractivity contribution in [2.75, 3.05) is 18.8 Å². The van der Waals surface area contributed by atoms with Crippen molar-refractivity contribution in [2.24, 2.45) is 0 Å². The molecule has 6 heteroatoms. The van der Waals surface area contributed by atoms with Gasteiger partial charge < -0.3 is 4.90 Å². The second kappa shape index (κ2) is 6.89. The lowest BCUT2D eigenvalue weighted by Crippen LogP contribution is -2.39. The van der Waals surface area contributed by atoms with Crippen LogP contribution < -0.4 is 0 Å². The number of benzene rings is 1. The molecule has 1 aliphatic rings. The van der Waals surface area contributed by atoms with Crippen LogP contribution in [0.3, 0.4) is 0 Å². The van der Waals surface area contributed by atoms with Crippen LogP contribution in [-0.4, -0.2) is 48.4 Å². The number of hydrogen-bond acceptors (Lipinski definition) is 3. The van der Waals surface area contributed by atoms with Gasteiger partial charge >= 0.3 is 0 Å². The maximum absolute atomic E-state index is 13.2. The average Bonchev–Trinajstić information content (AvgIpc) is 3.05. The maximum Gasteiger partial charge on any atom is 0.252 e. The monoisotopic (exact) mass is 345 g/mol. The summed E-state index contributed by atoms with van der Waals surface area (Å²) in [5, 5.41) is 4.29. The zero-order chi connectivity index (χ0) is 17.2. The molecule has 1 aromatic carbocycles. The van der Waals surface area contributed by atoms with Crippen LogP contribution in [0.15, 0.2) is 48.8 Å². The normalized spacial score (nSPS) is 21.9. The molecule has 0 bridgehead atoms. The van der Waals surface area contributed by atoms with Crippen molar-refractivity contribution in [3.8, 4) is 0 Å². The highest BCUT2D eigenvalue weighted by Gasteiger charge is 2.34. The van der Waals surface area contributed by atoms with Crippen LogP contribution in [0.25, 0.3) is 0 Å². The van der Waals surface area contributed by atoms with E-state index in [1.807, 2.05) is 61.3 Å². The molecule has 1 amide bonds. The van der Waals surface area contributed by atoms with E-state index < -0.39 is 16.8 Å².